The van der Waals surface area contributed by atoms with Crippen molar-refractivity contribution in [2.75, 3.05) is 18.4 Å². The van der Waals surface area contributed by atoms with Crippen LogP contribution in [-0.4, -0.2) is 19.0 Å². The molecule has 1 aliphatic heterocycles. The van der Waals surface area contributed by atoms with E-state index in [1.165, 1.54) is 0 Å². The van der Waals surface area contributed by atoms with Crippen LogP contribution in [0.3, 0.4) is 0 Å². The normalized spacial score (nSPS) is 18.9. The summed E-state index contributed by atoms with van der Waals surface area (Å²) in [6, 6.07) is 0. The molecule has 1 atom stereocenters. The van der Waals surface area contributed by atoms with Crippen molar-refractivity contribution in [3.8, 4) is 0 Å². The Kier molecular flexibility index (Phi) is 4.22. The molecular weight excluding hydrogens is 283 g/mol. The first-order chi connectivity index (χ1) is 9.43. The maximum atomic E-state index is 13.4. The number of carbonyl (C=O) groups is 1. The van der Waals surface area contributed by atoms with Gasteiger partial charge in [-0.3, -0.25) is 4.79 Å². The first-order valence-corrected chi connectivity index (χ1v) is 5.96. The van der Waals surface area contributed by atoms with E-state index >= 15 is 0 Å². The monoisotopic (exact) mass is 294 g/mol. The average molecular weight is 294 g/mol. The van der Waals surface area contributed by atoms with E-state index in [-0.39, 0.29) is 0 Å². The van der Waals surface area contributed by atoms with Gasteiger partial charge in [-0.15, -0.1) is 0 Å². The molecule has 1 aromatic rings. The molecule has 0 aromatic heterocycles. The highest BCUT2D eigenvalue weighted by Crippen LogP contribution is 2.27. The van der Waals surface area contributed by atoms with Gasteiger partial charge >= 0.3 is 0 Å². The Bertz CT molecular complexity index is 514. The Morgan fingerprint density at radius 2 is 1.55 bits per heavy atom. The van der Waals surface area contributed by atoms with Gasteiger partial charge in [-0.1, -0.05) is 0 Å². The SMILES string of the molecule is O=C(Nc1c(F)c(F)c(F)c(F)c1F)[C@H]1CCCNC1. The van der Waals surface area contributed by atoms with Gasteiger partial charge in [0.2, 0.25) is 11.7 Å². The zero-order chi connectivity index (χ0) is 14.9. The number of halogens is 5. The number of piperidine rings is 1. The van der Waals surface area contributed by atoms with Crippen molar-refractivity contribution in [1.29, 1.82) is 0 Å². The van der Waals surface area contributed by atoms with Crippen LogP contribution in [0.25, 0.3) is 0 Å². The average Bonchev–Trinajstić information content (AvgIpc) is 2.48. The molecule has 3 nitrogen and oxygen atoms in total. The predicted molar refractivity (Wildman–Crippen MR) is 60.5 cm³/mol. The lowest BCUT2D eigenvalue weighted by Gasteiger charge is -2.22. The largest absolute Gasteiger partial charge is 0.321 e. The molecule has 0 aliphatic carbocycles. The van der Waals surface area contributed by atoms with Crippen LogP contribution in [0, 0.1) is 35.0 Å². The van der Waals surface area contributed by atoms with E-state index in [0.717, 1.165) is 0 Å². The van der Waals surface area contributed by atoms with Gasteiger partial charge in [0.25, 0.3) is 0 Å². The van der Waals surface area contributed by atoms with E-state index < -0.39 is 46.6 Å². The molecular formula is C12H11F5N2O. The molecule has 8 heteroatoms. The van der Waals surface area contributed by atoms with Crippen LogP contribution in [0.15, 0.2) is 0 Å². The molecule has 1 aromatic carbocycles. The third-order valence-corrected chi connectivity index (χ3v) is 3.13. The zero-order valence-electron chi connectivity index (χ0n) is 10.2. The van der Waals surface area contributed by atoms with Crippen LogP contribution in [0.4, 0.5) is 27.6 Å². The highest BCUT2D eigenvalue weighted by atomic mass is 19.2. The molecule has 1 amide bonds. The molecule has 110 valence electrons. The van der Waals surface area contributed by atoms with E-state index in [1.807, 2.05) is 0 Å². The van der Waals surface area contributed by atoms with Gasteiger partial charge in [0, 0.05) is 6.54 Å². The van der Waals surface area contributed by atoms with E-state index in [9.17, 15) is 26.7 Å². The summed E-state index contributed by atoms with van der Waals surface area (Å²) in [4.78, 5) is 11.8. The van der Waals surface area contributed by atoms with Gasteiger partial charge in [-0.05, 0) is 19.4 Å². The number of hydrogen-bond donors (Lipinski definition) is 2. The summed E-state index contributed by atoms with van der Waals surface area (Å²) in [5, 5.41) is 4.69. The highest BCUT2D eigenvalue weighted by Gasteiger charge is 2.29. The van der Waals surface area contributed by atoms with Crippen LogP contribution in [0.5, 0.6) is 0 Å². The summed E-state index contributed by atoms with van der Waals surface area (Å²) in [6.07, 6.45) is 1.17. The van der Waals surface area contributed by atoms with Crippen LogP contribution in [0.2, 0.25) is 0 Å². The van der Waals surface area contributed by atoms with Crippen molar-refractivity contribution < 1.29 is 26.7 Å². The molecule has 0 radical (unpaired) electrons. The van der Waals surface area contributed by atoms with Crippen molar-refractivity contribution in [2.24, 2.45) is 5.92 Å². The summed E-state index contributed by atoms with van der Waals surface area (Å²) < 4.78 is 65.5. The lowest BCUT2D eigenvalue weighted by molar-refractivity contribution is -0.120. The molecule has 0 bridgehead atoms. The topological polar surface area (TPSA) is 41.1 Å². The first-order valence-electron chi connectivity index (χ1n) is 5.96. The third kappa shape index (κ3) is 2.60. The van der Waals surface area contributed by atoms with Gasteiger partial charge in [-0.25, -0.2) is 22.0 Å². The summed E-state index contributed by atoms with van der Waals surface area (Å²) in [7, 11) is 0. The van der Waals surface area contributed by atoms with Gasteiger partial charge in [-0.2, -0.15) is 0 Å². The summed E-state index contributed by atoms with van der Waals surface area (Å²) in [5.74, 6) is -11.9. The second kappa shape index (κ2) is 5.74. The molecule has 1 fully saturated rings. The molecule has 1 aliphatic rings. The fraction of sp³-hybridized carbons (Fsp3) is 0.417. The van der Waals surface area contributed by atoms with Crippen molar-refractivity contribution in [1.82, 2.24) is 5.32 Å². The van der Waals surface area contributed by atoms with Crippen LogP contribution in [-0.2, 0) is 4.79 Å². The van der Waals surface area contributed by atoms with E-state index in [1.54, 1.807) is 5.32 Å². The summed E-state index contributed by atoms with van der Waals surface area (Å²) >= 11 is 0. The summed E-state index contributed by atoms with van der Waals surface area (Å²) in [6.45, 7) is 1.01. The van der Waals surface area contributed by atoms with Crippen molar-refractivity contribution in [3.63, 3.8) is 0 Å². The molecule has 2 N–H and O–H groups in total. The zero-order valence-corrected chi connectivity index (χ0v) is 10.2. The number of anilines is 1. The third-order valence-electron chi connectivity index (χ3n) is 3.13. The molecule has 0 spiro atoms. The smallest absolute Gasteiger partial charge is 0.228 e. The standard InChI is InChI=1S/C12H11F5N2O/c13-6-7(14)9(16)11(10(17)8(6)15)19-12(20)5-2-1-3-18-4-5/h5,18H,1-4H2,(H,19,20)/t5-/m0/s1. The Morgan fingerprint density at radius 1 is 1.00 bits per heavy atom. The van der Waals surface area contributed by atoms with Crippen LogP contribution < -0.4 is 10.6 Å². The lowest BCUT2D eigenvalue weighted by atomic mass is 9.99. The predicted octanol–water partition coefficient (Wildman–Crippen LogP) is 2.32. The second-order valence-corrected chi connectivity index (χ2v) is 4.48. The van der Waals surface area contributed by atoms with Gasteiger partial charge in [0.1, 0.15) is 5.69 Å². The fourth-order valence-electron chi connectivity index (χ4n) is 2.02. The van der Waals surface area contributed by atoms with E-state index in [4.69, 9.17) is 0 Å². The summed E-state index contributed by atoms with van der Waals surface area (Å²) in [5.41, 5.74) is -1.31. The van der Waals surface area contributed by atoms with Gasteiger partial charge < -0.3 is 10.6 Å². The highest BCUT2D eigenvalue weighted by molar-refractivity contribution is 5.93. The molecule has 2 rings (SSSR count). The number of hydrogen-bond acceptors (Lipinski definition) is 2. The lowest BCUT2D eigenvalue weighted by Crippen LogP contribution is -2.37. The minimum absolute atomic E-state index is 0.293. The second-order valence-electron chi connectivity index (χ2n) is 4.48. The van der Waals surface area contributed by atoms with Gasteiger partial charge in [0.15, 0.2) is 23.3 Å². The molecule has 1 heterocycles. The number of amides is 1. The number of nitrogens with one attached hydrogen (secondary N) is 2. The van der Waals surface area contributed by atoms with Crippen LogP contribution >= 0.6 is 0 Å². The quantitative estimate of drug-likeness (QED) is 0.499. The molecule has 0 saturated carbocycles. The maximum absolute atomic E-state index is 13.4. The molecule has 20 heavy (non-hydrogen) atoms. The minimum Gasteiger partial charge on any atom is -0.321 e. The van der Waals surface area contributed by atoms with Crippen molar-refractivity contribution in [3.05, 3.63) is 29.1 Å². The number of carbonyl (C=O) groups excluding carboxylic acids is 1. The Labute approximate surface area is 111 Å². The number of rotatable bonds is 2. The van der Waals surface area contributed by atoms with Crippen molar-refractivity contribution in [2.45, 2.75) is 12.8 Å². The van der Waals surface area contributed by atoms with E-state index in [2.05, 4.69) is 5.32 Å². The molecule has 0 unspecified atom stereocenters. The Morgan fingerprint density at radius 3 is 2.05 bits per heavy atom. The van der Waals surface area contributed by atoms with Crippen LogP contribution in [0.1, 0.15) is 12.8 Å². The first kappa shape index (κ1) is 14.7. The van der Waals surface area contributed by atoms with E-state index in [0.29, 0.717) is 25.9 Å². The van der Waals surface area contributed by atoms with Gasteiger partial charge in [0.05, 0.1) is 5.92 Å². The van der Waals surface area contributed by atoms with Crippen molar-refractivity contribution >= 4 is 11.6 Å². The fourth-order valence-corrected chi connectivity index (χ4v) is 2.02. The minimum atomic E-state index is -2.25. The Hall–Kier alpha value is -1.70. The Balaban J connectivity index is 2.27. The number of benzene rings is 1. The molecule has 1 saturated heterocycles. The maximum Gasteiger partial charge on any atom is 0.228 e.